The van der Waals surface area contributed by atoms with E-state index in [1.54, 1.807) is 12.1 Å². The van der Waals surface area contributed by atoms with Crippen molar-refractivity contribution in [3.63, 3.8) is 0 Å². The lowest BCUT2D eigenvalue weighted by atomic mass is 10.0. The van der Waals surface area contributed by atoms with Crippen molar-refractivity contribution in [2.75, 3.05) is 11.9 Å². The Morgan fingerprint density at radius 2 is 2.25 bits per heavy atom. The molecule has 3 N–H and O–H groups in total. The third kappa shape index (κ3) is 2.53. The number of aromatic nitrogens is 1. The summed E-state index contributed by atoms with van der Waals surface area (Å²) >= 11 is 0. The maximum absolute atomic E-state index is 14.2. The number of nitrogens with one attached hydrogen (secondary N) is 1. The van der Waals surface area contributed by atoms with Gasteiger partial charge in [-0.1, -0.05) is 0 Å². The topological polar surface area (TPSA) is 94.1 Å². The molecule has 0 spiro atoms. The number of hydrogen-bond acceptors (Lipinski definition) is 5. The third-order valence-corrected chi connectivity index (χ3v) is 2.99. The van der Waals surface area contributed by atoms with E-state index in [0.717, 1.165) is 6.07 Å². The Hall–Kier alpha value is -2.28. The molecule has 0 fully saturated rings. The number of halogens is 1. The molecule has 0 saturated heterocycles. The van der Waals surface area contributed by atoms with E-state index >= 15 is 0 Å². The van der Waals surface area contributed by atoms with Gasteiger partial charge in [0.05, 0.1) is 22.1 Å². The molecule has 0 aliphatic rings. The molecular weight excluding hydrogens is 263 g/mol. The van der Waals surface area contributed by atoms with E-state index in [2.05, 4.69) is 10.3 Å². The zero-order chi connectivity index (χ0) is 14.9. The number of hydrogen-bond donors (Lipinski definition) is 2. The van der Waals surface area contributed by atoms with Crippen molar-refractivity contribution in [3.05, 3.63) is 40.3 Å². The van der Waals surface area contributed by atoms with Gasteiger partial charge in [-0.25, -0.2) is 4.39 Å². The SMILES string of the molecule is CC(C)(CN)Nc1c(F)cc([N+](=O)[O-])c2cccnc12. The summed E-state index contributed by atoms with van der Waals surface area (Å²) in [6.07, 6.45) is 1.46. The number of nitro benzene ring substituents is 1. The maximum atomic E-state index is 14.2. The number of benzene rings is 1. The van der Waals surface area contributed by atoms with Crippen LogP contribution in [-0.4, -0.2) is 22.0 Å². The molecule has 0 bridgehead atoms. The average Bonchev–Trinajstić information content (AvgIpc) is 2.41. The second-order valence-electron chi connectivity index (χ2n) is 5.12. The maximum Gasteiger partial charge on any atom is 0.281 e. The zero-order valence-corrected chi connectivity index (χ0v) is 11.2. The van der Waals surface area contributed by atoms with Gasteiger partial charge in [-0.05, 0) is 26.0 Å². The number of non-ortho nitro benzene ring substituents is 1. The normalized spacial score (nSPS) is 11.6. The van der Waals surface area contributed by atoms with Crippen LogP contribution in [0.2, 0.25) is 0 Å². The zero-order valence-electron chi connectivity index (χ0n) is 11.2. The minimum Gasteiger partial charge on any atom is -0.375 e. The van der Waals surface area contributed by atoms with E-state index in [1.807, 2.05) is 13.8 Å². The first-order chi connectivity index (χ1) is 9.35. The van der Waals surface area contributed by atoms with Gasteiger partial charge in [0.2, 0.25) is 0 Å². The Morgan fingerprint density at radius 3 is 2.85 bits per heavy atom. The Kier molecular flexibility index (Phi) is 3.54. The quantitative estimate of drug-likeness (QED) is 0.661. The van der Waals surface area contributed by atoms with Crippen LogP contribution >= 0.6 is 0 Å². The smallest absolute Gasteiger partial charge is 0.281 e. The fraction of sp³-hybridized carbons (Fsp3) is 0.308. The highest BCUT2D eigenvalue weighted by Gasteiger charge is 2.24. The largest absolute Gasteiger partial charge is 0.375 e. The number of rotatable bonds is 4. The van der Waals surface area contributed by atoms with Gasteiger partial charge in [-0.15, -0.1) is 0 Å². The van der Waals surface area contributed by atoms with Gasteiger partial charge in [0.1, 0.15) is 5.52 Å². The first kappa shape index (κ1) is 14.1. The highest BCUT2D eigenvalue weighted by Crippen LogP contribution is 2.33. The molecule has 2 aromatic rings. The van der Waals surface area contributed by atoms with E-state index in [0.29, 0.717) is 0 Å². The van der Waals surface area contributed by atoms with Crippen LogP contribution < -0.4 is 11.1 Å². The summed E-state index contributed by atoms with van der Waals surface area (Å²) in [5.41, 5.74) is 5.10. The molecule has 6 nitrogen and oxygen atoms in total. The summed E-state index contributed by atoms with van der Waals surface area (Å²) in [4.78, 5) is 14.4. The molecule has 106 valence electrons. The van der Waals surface area contributed by atoms with Crippen LogP contribution in [0.25, 0.3) is 10.9 Å². The molecule has 0 saturated carbocycles. The second kappa shape index (κ2) is 5.01. The molecule has 1 heterocycles. The van der Waals surface area contributed by atoms with E-state index in [-0.39, 0.29) is 28.8 Å². The third-order valence-electron chi connectivity index (χ3n) is 2.99. The lowest BCUT2D eigenvalue weighted by molar-refractivity contribution is -0.383. The number of fused-ring (bicyclic) bond motifs is 1. The molecule has 0 atom stereocenters. The summed E-state index contributed by atoms with van der Waals surface area (Å²) in [6, 6.07) is 4.02. The molecule has 1 aromatic heterocycles. The van der Waals surface area contributed by atoms with Crippen LogP contribution in [0.5, 0.6) is 0 Å². The lowest BCUT2D eigenvalue weighted by Crippen LogP contribution is -2.39. The molecule has 0 amide bonds. The van der Waals surface area contributed by atoms with Crippen LogP contribution in [0.15, 0.2) is 24.4 Å². The Bertz CT molecular complexity index is 673. The lowest BCUT2D eigenvalue weighted by Gasteiger charge is -2.26. The van der Waals surface area contributed by atoms with E-state index in [4.69, 9.17) is 5.73 Å². The van der Waals surface area contributed by atoms with Crippen molar-refractivity contribution in [1.29, 1.82) is 0 Å². The summed E-state index contributed by atoms with van der Waals surface area (Å²) in [5.74, 6) is -0.718. The van der Waals surface area contributed by atoms with E-state index in [1.165, 1.54) is 6.20 Å². The molecule has 0 unspecified atom stereocenters. The van der Waals surface area contributed by atoms with Crippen molar-refractivity contribution < 1.29 is 9.31 Å². The number of nitrogens with zero attached hydrogens (tertiary/aromatic N) is 2. The van der Waals surface area contributed by atoms with Crippen molar-refractivity contribution in [2.24, 2.45) is 5.73 Å². The van der Waals surface area contributed by atoms with Gasteiger partial charge in [0.25, 0.3) is 5.69 Å². The monoisotopic (exact) mass is 278 g/mol. The van der Waals surface area contributed by atoms with Crippen molar-refractivity contribution >= 4 is 22.3 Å². The first-order valence-electron chi connectivity index (χ1n) is 6.05. The van der Waals surface area contributed by atoms with Crippen LogP contribution in [0.1, 0.15) is 13.8 Å². The second-order valence-corrected chi connectivity index (χ2v) is 5.12. The molecule has 0 radical (unpaired) electrons. The first-order valence-corrected chi connectivity index (χ1v) is 6.05. The van der Waals surface area contributed by atoms with Gasteiger partial charge >= 0.3 is 0 Å². The number of nitro groups is 1. The molecular formula is C13H15FN4O2. The molecule has 20 heavy (non-hydrogen) atoms. The van der Waals surface area contributed by atoms with Crippen molar-refractivity contribution in [1.82, 2.24) is 4.98 Å². The van der Waals surface area contributed by atoms with Gasteiger partial charge in [-0.2, -0.15) is 0 Å². The van der Waals surface area contributed by atoms with E-state index in [9.17, 15) is 14.5 Å². The summed E-state index contributed by atoms with van der Waals surface area (Å²) < 4.78 is 14.2. The standard InChI is InChI=1S/C13H15FN4O2/c1-13(2,7-15)17-12-9(14)6-10(18(19)20)8-4-3-5-16-11(8)12/h3-6,17H,7,15H2,1-2H3. The minimum atomic E-state index is -0.718. The number of anilines is 1. The summed E-state index contributed by atoms with van der Waals surface area (Å²) in [5, 5.41) is 14.2. The van der Waals surface area contributed by atoms with Crippen LogP contribution in [0.3, 0.4) is 0 Å². The predicted octanol–water partition coefficient (Wildman–Crippen LogP) is 2.43. The molecule has 2 rings (SSSR count). The number of nitrogens with two attached hydrogens (primary N) is 1. The van der Waals surface area contributed by atoms with E-state index < -0.39 is 16.3 Å². The average molecular weight is 278 g/mol. The van der Waals surface area contributed by atoms with Gasteiger partial charge < -0.3 is 11.1 Å². The summed E-state index contributed by atoms with van der Waals surface area (Å²) in [7, 11) is 0. The Labute approximate surface area is 115 Å². The molecule has 7 heteroatoms. The predicted molar refractivity (Wildman–Crippen MR) is 75.1 cm³/mol. The fourth-order valence-electron chi connectivity index (χ4n) is 1.85. The van der Waals surface area contributed by atoms with Gasteiger partial charge in [0, 0.05) is 18.3 Å². The minimum absolute atomic E-state index is 0.127. The van der Waals surface area contributed by atoms with Gasteiger partial charge in [-0.3, -0.25) is 15.1 Å². The Balaban J connectivity index is 2.70. The molecule has 0 aliphatic carbocycles. The van der Waals surface area contributed by atoms with Crippen molar-refractivity contribution in [2.45, 2.75) is 19.4 Å². The summed E-state index contributed by atoms with van der Waals surface area (Å²) in [6.45, 7) is 3.89. The van der Waals surface area contributed by atoms with Gasteiger partial charge in [0.15, 0.2) is 5.82 Å². The highest BCUT2D eigenvalue weighted by atomic mass is 19.1. The molecule has 1 aromatic carbocycles. The van der Waals surface area contributed by atoms with Crippen LogP contribution in [-0.2, 0) is 0 Å². The molecule has 0 aliphatic heterocycles. The highest BCUT2D eigenvalue weighted by molar-refractivity contribution is 5.97. The van der Waals surface area contributed by atoms with Crippen LogP contribution in [0.4, 0.5) is 15.8 Å². The fourth-order valence-corrected chi connectivity index (χ4v) is 1.85. The number of pyridine rings is 1. The van der Waals surface area contributed by atoms with Crippen LogP contribution in [0, 0.1) is 15.9 Å². The van der Waals surface area contributed by atoms with Crippen molar-refractivity contribution in [3.8, 4) is 0 Å². The Morgan fingerprint density at radius 1 is 1.55 bits per heavy atom.